The Kier molecular flexibility index (Phi) is 7.93. The number of hydrogen-bond acceptors (Lipinski definition) is 3. The predicted molar refractivity (Wildman–Crippen MR) is 144 cm³/mol. The molecular formula is C30H35N3O3. The predicted octanol–water partition coefficient (Wildman–Crippen LogP) is 5.60. The van der Waals surface area contributed by atoms with Crippen LogP contribution in [0.2, 0.25) is 0 Å². The maximum absolute atomic E-state index is 13.1. The van der Waals surface area contributed by atoms with Gasteiger partial charge in [-0.2, -0.15) is 0 Å². The van der Waals surface area contributed by atoms with Crippen LogP contribution in [0.1, 0.15) is 42.3 Å². The Morgan fingerprint density at radius 2 is 1.50 bits per heavy atom. The third-order valence-electron chi connectivity index (χ3n) is 6.44. The van der Waals surface area contributed by atoms with Crippen LogP contribution in [0.4, 0.5) is 10.5 Å². The lowest BCUT2D eigenvalue weighted by molar-refractivity contribution is 0.0671. The standard InChI is InChI=1S/C30H35N3O3/c1-30(2,3)25-14-12-23(13-15-25)16-21-36-27-11-7-8-24(22-27)28(34)32-17-19-33(20-18-32)29(35)31-26-9-5-4-6-10-26/h4-15,22H,16-21H2,1-3H3,(H,31,35). The molecule has 0 atom stereocenters. The molecule has 1 N–H and O–H groups in total. The molecule has 1 aliphatic heterocycles. The van der Waals surface area contributed by atoms with Gasteiger partial charge in [0.05, 0.1) is 6.61 Å². The molecule has 6 heteroatoms. The zero-order valence-electron chi connectivity index (χ0n) is 21.4. The number of benzene rings is 3. The van der Waals surface area contributed by atoms with Crippen LogP contribution in [0, 0.1) is 0 Å². The quantitative estimate of drug-likeness (QED) is 0.495. The lowest BCUT2D eigenvalue weighted by Crippen LogP contribution is -2.51. The number of piperazine rings is 1. The third kappa shape index (κ3) is 6.66. The van der Waals surface area contributed by atoms with Gasteiger partial charge in [0.25, 0.3) is 5.91 Å². The van der Waals surface area contributed by atoms with Crippen molar-refractivity contribution in [3.8, 4) is 5.75 Å². The fourth-order valence-corrected chi connectivity index (χ4v) is 4.20. The Hall–Kier alpha value is -3.80. The monoisotopic (exact) mass is 485 g/mol. The molecule has 36 heavy (non-hydrogen) atoms. The van der Waals surface area contributed by atoms with E-state index in [1.165, 1.54) is 11.1 Å². The highest BCUT2D eigenvalue weighted by molar-refractivity contribution is 5.95. The molecule has 0 aliphatic carbocycles. The van der Waals surface area contributed by atoms with Crippen molar-refractivity contribution in [3.05, 3.63) is 95.6 Å². The van der Waals surface area contributed by atoms with Gasteiger partial charge in [-0.15, -0.1) is 0 Å². The molecule has 1 heterocycles. The van der Waals surface area contributed by atoms with Crippen LogP contribution in [0.25, 0.3) is 0 Å². The van der Waals surface area contributed by atoms with Gasteiger partial charge >= 0.3 is 6.03 Å². The number of amides is 3. The Labute approximate surface area is 213 Å². The van der Waals surface area contributed by atoms with E-state index in [1.54, 1.807) is 15.9 Å². The maximum Gasteiger partial charge on any atom is 0.321 e. The Balaban J connectivity index is 1.26. The first-order valence-electron chi connectivity index (χ1n) is 12.5. The molecule has 6 nitrogen and oxygen atoms in total. The molecule has 3 aromatic carbocycles. The third-order valence-corrected chi connectivity index (χ3v) is 6.44. The number of carbonyl (C=O) groups is 2. The first-order valence-corrected chi connectivity index (χ1v) is 12.5. The molecule has 0 radical (unpaired) electrons. The van der Waals surface area contributed by atoms with Crippen molar-refractivity contribution in [1.29, 1.82) is 0 Å². The fraction of sp³-hybridized carbons (Fsp3) is 0.333. The summed E-state index contributed by atoms with van der Waals surface area (Å²) in [6.07, 6.45) is 0.801. The number of hydrogen-bond donors (Lipinski definition) is 1. The lowest BCUT2D eigenvalue weighted by Gasteiger charge is -2.34. The van der Waals surface area contributed by atoms with Crippen molar-refractivity contribution < 1.29 is 14.3 Å². The molecular weight excluding hydrogens is 450 g/mol. The van der Waals surface area contributed by atoms with Crippen molar-refractivity contribution >= 4 is 17.6 Å². The number of nitrogens with one attached hydrogen (secondary N) is 1. The van der Waals surface area contributed by atoms with Crippen LogP contribution in [-0.4, -0.2) is 54.5 Å². The van der Waals surface area contributed by atoms with Crippen LogP contribution < -0.4 is 10.1 Å². The number of nitrogens with zero attached hydrogens (tertiary/aromatic N) is 2. The van der Waals surface area contributed by atoms with Gasteiger partial charge in [0, 0.05) is 43.9 Å². The van der Waals surface area contributed by atoms with E-state index in [2.05, 4.69) is 50.4 Å². The lowest BCUT2D eigenvalue weighted by atomic mass is 9.86. The van der Waals surface area contributed by atoms with Crippen LogP contribution in [0.15, 0.2) is 78.9 Å². The van der Waals surface area contributed by atoms with E-state index in [0.717, 1.165) is 12.1 Å². The highest BCUT2D eigenvalue weighted by Crippen LogP contribution is 2.22. The normalized spacial score (nSPS) is 13.9. The maximum atomic E-state index is 13.1. The minimum absolute atomic E-state index is 0.0404. The largest absolute Gasteiger partial charge is 0.493 e. The van der Waals surface area contributed by atoms with Crippen molar-refractivity contribution in [2.24, 2.45) is 0 Å². The summed E-state index contributed by atoms with van der Waals surface area (Å²) in [5.74, 6) is 0.648. The van der Waals surface area contributed by atoms with Gasteiger partial charge in [0.2, 0.25) is 0 Å². The Bertz CT molecular complexity index is 1160. The molecule has 188 valence electrons. The van der Waals surface area contributed by atoms with Gasteiger partial charge in [-0.25, -0.2) is 4.79 Å². The number of para-hydroxylation sites is 1. The summed E-state index contributed by atoms with van der Waals surface area (Å²) >= 11 is 0. The van der Waals surface area contributed by atoms with E-state index in [0.29, 0.717) is 44.1 Å². The number of carbonyl (C=O) groups excluding carboxylic acids is 2. The summed E-state index contributed by atoms with van der Waals surface area (Å²) in [5, 5.41) is 2.90. The molecule has 0 spiro atoms. The topological polar surface area (TPSA) is 61.9 Å². The number of ether oxygens (including phenoxy) is 1. The smallest absolute Gasteiger partial charge is 0.321 e. The molecule has 1 aliphatic rings. The molecule has 0 bridgehead atoms. The van der Waals surface area contributed by atoms with Gasteiger partial charge in [-0.3, -0.25) is 4.79 Å². The number of rotatable bonds is 6. The molecule has 0 unspecified atom stereocenters. The Morgan fingerprint density at radius 3 is 2.17 bits per heavy atom. The van der Waals surface area contributed by atoms with Crippen LogP contribution >= 0.6 is 0 Å². The minimum atomic E-state index is -0.142. The zero-order chi connectivity index (χ0) is 25.5. The molecule has 1 saturated heterocycles. The first-order chi connectivity index (χ1) is 17.3. The second-order valence-corrected chi connectivity index (χ2v) is 10.1. The Morgan fingerprint density at radius 1 is 0.833 bits per heavy atom. The van der Waals surface area contributed by atoms with Gasteiger partial charge in [0.15, 0.2) is 0 Å². The second kappa shape index (κ2) is 11.3. The fourth-order valence-electron chi connectivity index (χ4n) is 4.20. The molecule has 4 rings (SSSR count). The van der Waals surface area contributed by atoms with Crippen LogP contribution in [-0.2, 0) is 11.8 Å². The molecule has 1 fully saturated rings. The first kappa shape index (κ1) is 25.3. The molecule has 0 saturated carbocycles. The van der Waals surface area contributed by atoms with Gasteiger partial charge in [-0.05, 0) is 46.9 Å². The van der Waals surface area contributed by atoms with E-state index in [4.69, 9.17) is 4.74 Å². The average Bonchev–Trinajstić information content (AvgIpc) is 2.89. The molecule has 3 amide bonds. The summed E-state index contributed by atoms with van der Waals surface area (Å²) in [6, 6.07) is 25.3. The molecule has 3 aromatic rings. The van der Waals surface area contributed by atoms with E-state index in [1.807, 2.05) is 48.5 Å². The summed E-state index contributed by atoms with van der Waals surface area (Å²) < 4.78 is 5.96. The van der Waals surface area contributed by atoms with E-state index in [9.17, 15) is 9.59 Å². The summed E-state index contributed by atoms with van der Waals surface area (Å²) in [7, 11) is 0. The number of urea groups is 1. The van der Waals surface area contributed by atoms with Gasteiger partial charge in [0.1, 0.15) is 5.75 Å². The van der Waals surface area contributed by atoms with Crippen molar-refractivity contribution in [1.82, 2.24) is 9.80 Å². The zero-order valence-corrected chi connectivity index (χ0v) is 21.4. The minimum Gasteiger partial charge on any atom is -0.493 e. The van der Waals surface area contributed by atoms with Crippen molar-refractivity contribution in [2.75, 3.05) is 38.1 Å². The summed E-state index contributed by atoms with van der Waals surface area (Å²) in [4.78, 5) is 29.1. The van der Waals surface area contributed by atoms with Crippen LogP contribution in [0.5, 0.6) is 5.75 Å². The van der Waals surface area contributed by atoms with E-state index in [-0.39, 0.29) is 17.4 Å². The summed E-state index contributed by atoms with van der Waals surface area (Å²) in [5.41, 5.74) is 4.05. The second-order valence-electron chi connectivity index (χ2n) is 10.1. The number of anilines is 1. The van der Waals surface area contributed by atoms with Gasteiger partial charge in [-0.1, -0.05) is 69.3 Å². The van der Waals surface area contributed by atoms with Gasteiger partial charge < -0.3 is 19.9 Å². The SMILES string of the molecule is CC(C)(C)c1ccc(CCOc2cccc(C(=O)N3CCN(C(=O)Nc4ccccc4)CC3)c2)cc1. The highest BCUT2D eigenvalue weighted by Gasteiger charge is 2.25. The van der Waals surface area contributed by atoms with E-state index < -0.39 is 0 Å². The van der Waals surface area contributed by atoms with Crippen LogP contribution in [0.3, 0.4) is 0 Å². The molecule has 0 aromatic heterocycles. The summed E-state index contributed by atoms with van der Waals surface area (Å²) in [6.45, 7) is 9.16. The van der Waals surface area contributed by atoms with Crippen molar-refractivity contribution in [3.63, 3.8) is 0 Å². The van der Waals surface area contributed by atoms with E-state index >= 15 is 0 Å². The highest BCUT2D eigenvalue weighted by atomic mass is 16.5. The van der Waals surface area contributed by atoms with Crippen molar-refractivity contribution in [2.45, 2.75) is 32.6 Å². The average molecular weight is 486 g/mol.